The Morgan fingerprint density at radius 2 is 1.90 bits per heavy atom. The molecule has 0 bridgehead atoms. The molecule has 1 unspecified atom stereocenters. The van der Waals surface area contributed by atoms with Crippen molar-refractivity contribution < 1.29 is 18.0 Å². The molecule has 10 heteroatoms. The normalized spacial score (nSPS) is 18.8. The largest absolute Gasteiger partial charge is 0.393 e. The predicted molar refractivity (Wildman–Crippen MR) is 108 cm³/mol. The number of hydrogen-bond acceptors (Lipinski definition) is 6. The Labute approximate surface area is 176 Å². The molecule has 160 valence electrons. The van der Waals surface area contributed by atoms with E-state index < -0.39 is 24.0 Å². The predicted octanol–water partition coefficient (Wildman–Crippen LogP) is 3.64. The van der Waals surface area contributed by atoms with Crippen LogP contribution < -0.4 is 10.2 Å². The zero-order valence-corrected chi connectivity index (χ0v) is 16.5. The fraction of sp³-hybridized carbons (Fsp3) is 0.286. The molecule has 1 N–H and O–H groups in total. The number of nitrogens with one attached hydrogen (secondary N) is 1. The van der Waals surface area contributed by atoms with Gasteiger partial charge in [0, 0.05) is 36.4 Å². The molecular weight excluding hydrogens is 409 g/mol. The molecule has 2 aromatic heterocycles. The third kappa shape index (κ3) is 4.47. The molecular formula is C21H19F3N6O. The van der Waals surface area contributed by atoms with Gasteiger partial charge < -0.3 is 10.2 Å². The first-order valence-electron chi connectivity index (χ1n) is 9.63. The van der Waals surface area contributed by atoms with Crippen LogP contribution in [0, 0.1) is 12.8 Å². The van der Waals surface area contributed by atoms with Crippen molar-refractivity contribution in [2.75, 3.05) is 16.8 Å². The molecule has 0 aliphatic carbocycles. The number of carbonyl (C=O) groups excluding carboxylic acids is 1. The first-order chi connectivity index (χ1) is 14.8. The Bertz CT molecular complexity index is 1060. The van der Waals surface area contributed by atoms with Gasteiger partial charge in [0.2, 0.25) is 11.9 Å². The topological polar surface area (TPSA) is 83.9 Å². The van der Waals surface area contributed by atoms with E-state index in [2.05, 4.69) is 25.5 Å². The number of amides is 1. The van der Waals surface area contributed by atoms with Crippen LogP contribution in [0.4, 0.5) is 24.8 Å². The molecule has 7 nitrogen and oxygen atoms in total. The maximum Gasteiger partial charge on any atom is 0.393 e. The highest BCUT2D eigenvalue weighted by Crippen LogP contribution is 2.38. The van der Waals surface area contributed by atoms with E-state index in [4.69, 9.17) is 0 Å². The maximum atomic E-state index is 13.4. The molecule has 4 rings (SSSR count). The standard InChI is InChI=1S/C21H19F3N6O/c1-13-5-6-15(11-16(13)17-4-2-9-27-29-17)28-19(31)18-10-14(21(22,23)24)12-30(18)20-25-7-3-8-26-20/h2-9,11,14,18H,10,12H2,1H3,(H,28,31)/t14-,18?/m0/s1. The number of benzene rings is 1. The van der Waals surface area contributed by atoms with Gasteiger partial charge in [0.1, 0.15) is 6.04 Å². The fourth-order valence-electron chi connectivity index (χ4n) is 3.63. The quantitative estimate of drug-likeness (QED) is 0.683. The summed E-state index contributed by atoms with van der Waals surface area (Å²) in [5.74, 6) is -2.09. The van der Waals surface area contributed by atoms with Gasteiger partial charge in [-0.3, -0.25) is 4.79 Å². The van der Waals surface area contributed by atoms with Crippen LogP contribution in [0.25, 0.3) is 11.3 Å². The van der Waals surface area contributed by atoms with Gasteiger partial charge in [0.15, 0.2) is 0 Å². The number of nitrogens with zero attached hydrogens (tertiary/aromatic N) is 5. The van der Waals surface area contributed by atoms with Gasteiger partial charge in [-0.1, -0.05) is 6.07 Å². The van der Waals surface area contributed by atoms with Crippen LogP contribution in [-0.2, 0) is 4.79 Å². The number of hydrogen-bond donors (Lipinski definition) is 1. The van der Waals surface area contributed by atoms with Gasteiger partial charge in [0.25, 0.3) is 0 Å². The minimum Gasteiger partial charge on any atom is -0.328 e. The molecule has 3 heterocycles. The van der Waals surface area contributed by atoms with Crippen LogP contribution in [0.3, 0.4) is 0 Å². The van der Waals surface area contributed by atoms with Crippen LogP contribution >= 0.6 is 0 Å². The van der Waals surface area contributed by atoms with E-state index in [-0.39, 0.29) is 18.9 Å². The van der Waals surface area contributed by atoms with Crippen LogP contribution in [0.1, 0.15) is 12.0 Å². The van der Waals surface area contributed by atoms with Gasteiger partial charge in [-0.2, -0.15) is 23.4 Å². The Morgan fingerprint density at radius 1 is 1.13 bits per heavy atom. The summed E-state index contributed by atoms with van der Waals surface area (Å²) < 4.78 is 40.2. The molecule has 3 aromatic rings. The molecule has 1 aromatic carbocycles. The van der Waals surface area contributed by atoms with Gasteiger partial charge >= 0.3 is 6.18 Å². The number of aryl methyl sites for hydroxylation is 1. The first-order valence-corrected chi connectivity index (χ1v) is 9.63. The molecule has 2 atom stereocenters. The zero-order valence-electron chi connectivity index (χ0n) is 16.5. The van der Waals surface area contributed by atoms with Crippen molar-refractivity contribution in [2.45, 2.75) is 25.6 Å². The Morgan fingerprint density at radius 3 is 2.58 bits per heavy atom. The van der Waals surface area contributed by atoms with E-state index in [1.165, 1.54) is 17.3 Å². The zero-order chi connectivity index (χ0) is 22.0. The van der Waals surface area contributed by atoms with E-state index in [1.807, 2.05) is 13.0 Å². The Kier molecular flexibility index (Phi) is 5.53. The van der Waals surface area contributed by atoms with E-state index >= 15 is 0 Å². The SMILES string of the molecule is Cc1ccc(NC(=O)C2C[C@H](C(F)(F)F)CN2c2ncccn2)cc1-c1cccnn1. The number of carbonyl (C=O) groups is 1. The molecule has 1 aliphatic rings. The van der Waals surface area contributed by atoms with E-state index in [1.54, 1.807) is 36.5 Å². The molecule has 0 radical (unpaired) electrons. The molecule has 1 amide bonds. The summed E-state index contributed by atoms with van der Waals surface area (Å²) >= 11 is 0. The monoisotopic (exact) mass is 428 g/mol. The molecule has 1 aliphatic heterocycles. The van der Waals surface area contributed by atoms with Crippen molar-refractivity contribution in [3.8, 4) is 11.3 Å². The Hall–Kier alpha value is -3.56. The van der Waals surface area contributed by atoms with Gasteiger partial charge in [-0.15, -0.1) is 0 Å². The molecule has 1 saturated heterocycles. The number of alkyl halides is 3. The second kappa shape index (κ2) is 8.29. The van der Waals surface area contributed by atoms with Crippen molar-refractivity contribution in [3.63, 3.8) is 0 Å². The van der Waals surface area contributed by atoms with Crippen LogP contribution in [0.15, 0.2) is 55.0 Å². The van der Waals surface area contributed by atoms with E-state index in [0.717, 1.165) is 11.1 Å². The smallest absolute Gasteiger partial charge is 0.328 e. The van der Waals surface area contributed by atoms with Gasteiger partial charge in [0.05, 0.1) is 11.6 Å². The summed E-state index contributed by atoms with van der Waals surface area (Å²) in [7, 11) is 0. The first kappa shape index (κ1) is 20.7. The average molecular weight is 428 g/mol. The third-order valence-corrected chi connectivity index (χ3v) is 5.23. The lowest BCUT2D eigenvalue weighted by atomic mass is 10.0. The lowest BCUT2D eigenvalue weighted by Crippen LogP contribution is -2.40. The van der Waals surface area contributed by atoms with Crippen molar-refractivity contribution in [1.82, 2.24) is 20.2 Å². The second-order valence-electron chi connectivity index (χ2n) is 7.32. The lowest BCUT2D eigenvalue weighted by molar-refractivity contribution is -0.168. The number of rotatable bonds is 4. The molecule has 0 spiro atoms. The summed E-state index contributed by atoms with van der Waals surface area (Å²) in [6, 6.07) is 9.31. The Balaban J connectivity index is 1.59. The van der Waals surface area contributed by atoms with E-state index in [0.29, 0.717) is 11.4 Å². The lowest BCUT2D eigenvalue weighted by Gasteiger charge is -2.23. The van der Waals surface area contributed by atoms with Crippen molar-refractivity contribution in [2.24, 2.45) is 5.92 Å². The van der Waals surface area contributed by atoms with Crippen molar-refractivity contribution >= 4 is 17.5 Å². The summed E-state index contributed by atoms with van der Waals surface area (Å²) in [5.41, 5.74) is 2.79. The molecule has 31 heavy (non-hydrogen) atoms. The summed E-state index contributed by atoms with van der Waals surface area (Å²) in [6.07, 6.45) is -0.347. The minimum absolute atomic E-state index is 0.0959. The van der Waals surface area contributed by atoms with Crippen LogP contribution in [-0.4, -0.2) is 44.8 Å². The summed E-state index contributed by atoms with van der Waals surface area (Å²) in [6.45, 7) is 1.53. The van der Waals surface area contributed by atoms with Gasteiger partial charge in [-0.05, 0) is 49.2 Å². The van der Waals surface area contributed by atoms with Crippen LogP contribution in [0.2, 0.25) is 0 Å². The fourth-order valence-corrected chi connectivity index (χ4v) is 3.63. The van der Waals surface area contributed by atoms with E-state index in [9.17, 15) is 18.0 Å². The number of halogens is 3. The number of aromatic nitrogens is 4. The average Bonchev–Trinajstić information content (AvgIpc) is 3.23. The molecule has 0 saturated carbocycles. The summed E-state index contributed by atoms with van der Waals surface area (Å²) in [4.78, 5) is 22.4. The highest BCUT2D eigenvalue weighted by Gasteiger charge is 2.50. The second-order valence-corrected chi connectivity index (χ2v) is 7.32. The molecule has 1 fully saturated rings. The maximum absolute atomic E-state index is 13.4. The number of anilines is 2. The van der Waals surface area contributed by atoms with Crippen molar-refractivity contribution in [1.29, 1.82) is 0 Å². The summed E-state index contributed by atoms with van der Waals surface area (Å²) in [5, 5.41) is 10.7. The highest BCUT2D eigenvalue weighted by molar-refractivity contribution is 5.97. The van der Waals surface area contributed by atoms with Crippen LogP contribution in [0.5, 0.6) is 0 Å². The van der Waals surface area contributed by atoms with Gasteiger partial charge in [-0.25, -0.2) is 9.97 Å². The highest BCUT2D eigenvalue weighted by atomic mass is 19.4. The minimum atomic E-state index is -4.41. The van der Waals surface area contributed by atoms with Crippen molar-refractivity contribution in [3.05, 3.63) is 60.6 Å². The third-order valence-electron chi connectivity index (χ3n) is 5.23.